The van der Waals surface area contributed by atoms with E-state index in [0.717, 1.165) is 11.8 Å². The van der Waals surface area contributed by atoms with Crippen LogP contribution in [-0.2, 0) is 9.59 Å². The summed E-state index contributed by atoms with van der Waals surface area (Å²) in [6.45, 7) is 0.580. The van der Waals surface area contributed by atoms with Gasteiger partial charge in [0.1, 0.15) is 0 Å². The van der Waals surface area contributed by atoms with Gasteiger partial charge in [-0.05, 0) is 0 Å². The van der Waals surface area contributed by atoms with Gasteiger partial charge < -0.3 is 11.5 Å². The minimum Gasteiger partial charge on any atom is -0.367 e. The highest BCUT2D eigenvalue weighted by Crippen LogP contribution is 2.26. The Kier molecular flexibility index (Phi) is 2.05. The van der Waals surface area contributed by atoms with E-state index in [1.54, 1.807) is 0 Å². The molecule has 11 heavy (non-hydrogen) atoms. The van der Waals surface area contributed by atoms with Crippen LogP contribution in [0.25, 0.3) is 0 Å². The molecule has 1 fully saturated rings. The SMILES string of the molecule is NC(=O)C1(C(N)=O)NCCS1. The lowest BCUT2D eigenvalue weighted by atomic mass is 10.2. The normalized spacial score (nSPS) is 21.5. The molecule has 0 aromatic heterocycles. The molecule has 0 aliphatic carbocycles. The Hall–Kier alpha value is -0.750. The molecule has 0 unspecified atom stereocenters. The van der Waals surface area contributed by atoms with Crippen molar-refractivity contribution in [3.63, 3.8) is 0 Å². The van der Waals surface area contributed by atoms with Gasteiger partial charge in [0.05, 0.1) is 0 Å². The maximum absolute atomic E-state index is 10.8. The predicted molar refractivity (Wildman–Crippen MR) is 41.6 cm³/mol. The van der Waals surface area contributed by atoms with E-state index >= 15 is 0 Å². The van der Waals surface area contributed by atoms with Gasteiger partial charge in [-0.1, -0.05) is 0 Å². The lowest BCUT2D eigenvalue weighted by molar-refractivity contribution is -0.130. The molecule has 1 heterocycles. The lowest BCUT2D eigenvalue weighted by Crippen LogP contribution is -2.58. The number of nitrogens with two attached hydrogens (primary N) is 2. The molecule has 5 nitrogen and oxygen atoms in total. The van der Waals surface area contributed by atoms with Gasteiger partial charge in [0.25, 0.3) is 11.8 Å². The highest BCUT2D eigenvalue weighted by atomic mass is 32.2. The van der Waals surface area contributed by atoms with Gasteiger partial charge in [0.15, 0.2) is 0 Å². The summed E-state index contributed by atoms with van der Waals surface area (Å²) < 4.78 is 0. The van der Waals surface area contributed by atoms with Gasteiger partial charge in [-0.15, -0.1) is 11.8 Å². The summed E-state index contributed by atoms with van der Waals surface area (Å²) in [6, 6.07) is 0. The second kappa shape index (κ2) is 2.71. The third-order valence-corrected chi connectivity index (χ3v) is 2.88. The van der Waals surface area contributed by atoms with Crippen molar-refractivity contribution in [3.8, 4) is 0 Å². The van der Waals surface area contributed by atoms with Crippen LogP contribution in [0.4, 0.5) is 0 Å². The molecule has 0 aromatic carbocycles. The number of thioether (sulfide) groups is 1. The average molecular weight is 175 g/mol. The Balaban J connectivity index is 2.87. The van der Waals surface area contributed by atoms with E-state index in [9.17, 15) is 9.59 Å². The molecule has 0 saturated carbocycles. The number of carbonyl (C=O) groups is 2. The van der Waals surface area contributed by atoms with E-state index in [1.807, 2.05) is 0 Å². The molecule has 0 aromatic rings. The first-order chi connectivity index (χ1) is 5.09. The molecule has 1 saturated heterocycles. The first-order valence-electron chi connectivity index (χ1n) is 3.08. The highest BCUT2D eigenvalue weighted by Gasteiger charge is 2.46. The molecule has 0 bridgehead atoms. The standard InChI is InChI=1S/C5H9N3O2S/c6-3(9)5(4(7)10)8-1-2-11-5/h8H,1-2H2,(H2,6,9)(H2,7,10). The summed E-state index contributed by atoms with van der Waals surface area (Å²) in [4.78, 5) is 20.2. The molecule has 1 aliphatic rings. The van der Waals surface area contributed by atoms with Gasteiger partial charge in [0.2, 0.25) is 4.87 Å². The number of amides is 2. The van der Waals surface area contributed by atoms with Gasteiger partial charge in [-0.25, -0.2) is 0 Å². The maximum Gasteiger partial charge on any atom is 0.258 e. The molecular weight excluding hydrogens is 166 g/mol. The molecule has 1 rings (SSSR count). The highest BCUT2D eigenvalue weighted by molar-refractivity contribution is 8.02. The molecule has 6 heteroatoms. The zero-order valence-electron chi connectivity index (χ0n) is 5.79. The van der Waals surface area contributed by atoms with Crippen molar-refractivity contribution in [2.45, 2.75) is 4.87 Å². The average Bonchev–Trinajstić information content (AvgIpc) is 2.34. The summed E-state index contributed by atoms with van der Waals surface area (Å²) >= 11 is 1.15. The van der Waals surface area contributed by atoms with Gasteiger partial charge in [-0.2, -0.15) is 0 Å². The van der Waals surface area contributed by atoms with E-state index in [4.69, 9.17) is 11.5 Å². The summed E-state index contributed by atoms with van der Waals surface area (Å²) in [5.74, 6) is -0.758. The van der Waals surface area contributed by atoms with E-state index in [-0.39, 0.29) is 0 Å². The largest absolute Gasteiger partial charge is 0.367 e. The number of rotatable bonds is 2. The van der Waals surface area contributed by atoms with E-state index in [1.165, 1.54) is 0 Å². The van der Waals surface area contributed by atoms with Crippen LogP contribution in [0.5, 0.6) is 0 Å². The van der Waals surface area contributed by atoms with E-state index in [0.29, 0.717) is 12.3 Å². The van der Waals surface area contributed by atoms with Crippen molar-refractivity contribution in [2.75, 3.05) is 12.3 Å². The summed E-state index contributed by atoms with van der Waals surface area (Å²) in [5, 5.41) is 2.68. The molecule has 0 radical (unpaired) electrons. The van der Waals surface area contributed by atoms with Gasteiger partial charge in [-0.3, -0.25) is 14.9 Å². The molecule has 0 spiro atoms. The third-order valence-electron chi connectivity index (χ3n) is 1.49. The van der Waals surface area contributed by atoms with E-state index < -0.39 is 16.7 Å². The van der Waals surface area contributed by atoms with Crippen molar-refractivity contribution in [2.24, 2.45) is 11.5 Å². The van der Waals surface area contributed by atoms with Gasteiger partial charge >= 0.3 is 0 Å². The van der Waals surface area contributed by atoms with Crippen LogP contribution < -0.4 is 16.8 Å². The summed E-state index contributed by atoms with van der Waals surface area (Å²) in [7, 11) is 0. The maximum atomic E-state index is 10.8. The monoisotopic (exact) mass is 175 g/mol. The van der Waals surface area contributed by atoms with Crippen LogP contribution in [-0.4, -0.2) is 29.0 Å². The van der Waals surface area contributed by atoms with Crippen LogP contribution in [0.1, 0.15) is 0 Å². The quantitative estimate of drug-likeness (QED) is 0.422. The second-order valence-electron chi connectivity index (χ2n) is 2.18. The zero-order valence-corrected chi connectivity index (χ0v) is 6.61. The van der Waals surface area contributed by atoms with E-state index in [2.05, 4.69) is 5.32 Å². The first kappa shape index (κ1) is 8.35. The van der Waals surface area contributed by atoms with Crippen LogP contribution in [0.2, 0.25) is 0 Å². The van der Waals surface area contributed by atoms with Crippen LogP contribution >= 0.6 is 11.8 Å². The summed E-state index contributed by atoms with van der Waals surface area (Å²) in [5.41, 5.74) is 10.0. The van der Waals surface area contributed by atoms with Crippen molar-refractivity contribution in [3.05, 3.63) is 0 Å². The lowest BCUT2D eigenvalue weighted by Gasteiger charge is -2.19. The minimum atomic E-state index is -1.36. The number of hydrogen-bond acceptors (Lipinski definition) is 4. The van der Waals surface area contributed by atoms with Crippen molar-refractivity contribution >= 4 is 23.6 Å². The Morgan fingerprint density at radius 2 is 1.91 bits per heavy atom. The van der Waals surface area contributed by atoms with Crippen molar-refractivity contribution in [1.29, 1.82) is 0 Å². The molecule has 2 amide bonds. The molecule has 0 atom stereocenters. The zero-order chi connectivity index (χ0) is 8.48. The number of carbonyl (C=O) groups excluding carboxylic acids is 2. The smallest absolute Gasteiger partial charge is 0.258 e. The fourth-order valence-electron chi connectivity index (χ4n) is 0.920. The minimum absolute atomic E-state index is 0.580. The Labute approximate surface area is 67.9 Å². The Morgan fingerprint density at radius 3 is 2.09 bits per heavy atom. The third kappa shape index (κ3) is 1.19. The number of primary amides is 2. The van der Waals surface area contributed by atoms with Crippen LogP contribution in [0.15, 0.2) is 0 Å². The van der Waals surface area contributed by atoms with Gasteiger partial charge in [0, 0.05) is 12.3 Å². The fraction of sp³-hybridized carbons (Fsp3) is 0.600. The van der Waals surface area contributed by atoms with Crippen molar-refractivity contribution in [1.82, 2.24) is 5.32 Å². The Morgan fingerprint density at radius 1 is 1.36 bits per heavy atom. The predicted octanol–water partition coefficient (Wildman–Crippen LogP) is -2.01. The molecular formula is C5H9N3O2S. The van der Waals surface area contributed by atoms with Crippen molar-refractivity contribution < 1.29 is 9.59 Å². The van der Waals surface area contributed by atoms with Crippen LogP contribution in [0.3, 0.4) is 0 Å². The fourth-order valence-corrected chi connectivity index (χ4v) is 1.92. The molecule has 5 N–H and O–H groups in total. The first-order valence-corrected chi connectivity index (χ1v) is 4.07. The Bertz CT molecular complexity index is 184. The molecule has 1 aliphatic heterocycles. The summed E-state index contributed by atoms with van der Waals surface area (Å²) in [6.07, 6.45) is 0. The van der Waals surface area contributed by atoms with Crippen LogP contribution in [0, 0.1) is 0 Å². The second-order valence-corrected chi connectivity index (χ2v) is 3.49. The number of hydrogen-bond donors (Lipinski definition) is 3. The topological polar surface area (TPSA) is 98.2 Å². The number of nitrogens with one attached hydrogen (secondary N) is 1. The molecule has 62 valence electrons.